The Bertz CT molecular complexity index is 776. The molecule has 1 unspecified atom stereocenters. The molecule has 0 radical (unpaired) electrons. The molecule has 6 nitrogen and oxygen atoms in total. The molecule has 0 spiro atoms. The fourth-order valence-corrected chi connectivity index (χ4v) is 4.10. The van der Waals surface area contributed by atoms with E-state index < -0.39 is 12.1 Å². The van der Waals surface area contributed by atoms with Gasteiger partial charge in [-0.25, -0.2) is 4.79 Å². The first-order chi connectivity index (χ1) is 11.6. The van der Waals surface area contributed by atoms with E-state index >= 15 is 0 Å². The van der Waals surface area contributed by atoms with Crippen molar-refractivity contribution in [3.63, 3.8) is 0 Å². The van der Waals surface area contributed by atoms with E-state index in [4.69, 9.17) is 4.74 Å². The first kappa shape index (κ1) is 16.9. The van der Waals surface area contributed by atoms with Crippen molar-refractivity contribution in [1.82, 2.24) is 10.2 Å². The van der Waals surface area contributed by atoms with Crippen LogP contribution in [0.3, 0.4) is 0 Å². The minimum absolute atomic E-state index is 0.371. The minimum atomic E-state index is -0.844. The van der Waals surface area contributed by atoms with Gasteiger partial charge < -0.3 is 4.74 Å². The average molecular weight is 363 g/mol. The van der Waals surface area contributed by atoms with Crippen LogP contribution in [-0.4, -0.2) is 33.9 Å². The Balaban J connectivity index is 1.72. The first-order valence-electron chi connectivity index (χ1n) is 7.70. The zero-order chi connectivity index (χ0) is 17.1. The number of ether oxygens (including phenoxy) is 1. The van der Waals surface area contributed by atoms with Gasteiger partial charge in [-0.05, 0) is 29.4 Å². The number of aryl methyl sites for hydroxylation is 1. The van der Waals surface area contributed by atoms with Gasteiger partial charge in [0.2, 0.25) is 5.13 Å². The predicted molar refractivity (Wildman–Crippen MR) is 93.7 cm³/mol. The van der Waals surface area contributed by atoms with E-state index in [2.05, 4.69) is 22.4 Å². The maximum atomic E-state index is 12.4. The quantitative estimate of drug-likeness (QED) is 0.500. The van der Waals surface area contributed by atoms with Crippen molar-refractivity contribution < 1.29 is 14.3 Å². The smallest absolute Gasteiger partial charge is 0.339 e. The molecular formula is C16H17N3O3S2. The normalized spacial score (nSPS) is 16.4. The van der Waals surface area contributed by atoms with Gasteiger partial charge >= 0.3 is 5.97 Å². The number of anilines is 1. The molecule has 1 amide bonds. The zero-order valence-corrected chi connectivity index (χ0v) is 15.0. The molecule has 0 saturated heterocycles. The van der Waals surface area contributed by atoms with Crippen LogP contribution in [0, 0.1) is 0 Å². The highest BCUT2D eigenvalue weighted by molar-refractivity contribution is 8.01. The van der Waals surface area contributed by atoms with Gasteiger partial charge in [-0.2, -0.15) is 0 Å². The van der Waals surface area contributed by atoms with Crippen LogP contribution in [-0.2, 0) is 22.4 Å². The van der Waals surface area contributed by atoms with E-state index in [1.165, 1.54) is 11.3 Å². The van der Waals surface area contributed by atoms with Crippen LogP contribution in [0.5, 0.6) is 0 Å². The Morgan fingerprint density at radius 3 is 3.00 bits per heavy atom. The molecule has 0 bridgehead atoms. The number of rotatable bonds is 5. The summed E-state index contributed by atoms with van der Waals surface area (Å²) in [5.41, 5.74) is 2.52. The number of fused-ring (bicyclic) bond motifs is 1. The molecule has 2 aromatic rings. The van der Waals surface area contributed by atoms with E-state index in [0.29, 0.717) is 17.1 Å². The van der Waals surface area contributed by atoms with E-state index in [1.54, 1.807) is 17.8 Å². The molecule has 1 aromatic heterocycles. The van der Waals surface area contributed by atoms with Crippen molar-refractivity contribution in [2.75, 3.05) is 11.1 Å². The number of hydrogen-bond donors (Lipinski definition) is 1. The summed E-state index contributed by atoms with van der Waals surface area (Å²) in [5.74, 6) is 0.0537. The Labute approximate surface area is 148 Å². The summed E-state index contributed by atoms with van der Waals surface area (Å²) in [6.07, 6.45) is 0.404. The van der Waals surface area contributed by atoms with E-state index in [0.717, 1.165) is 27.6 Å². The van der Waals surface area contributed by atoms with Crippen LogP contribution < -0.4 is 5.32 Å². The topological polar surface area (TPSA) is 81.2 Å². The van der Waals surface area contributed by atoms with Crippen molar-refractivity contribution in [3.05, 3.63) is 34.9 Å². The van der Waals surface area contributed by atoms with E-state index in [9.17, 15) is 9.59 Å². The lowest BCUT2D eigenvalue weighted by Crippen LogP contribution is -2.38. The van der Waals surface area contributed by atoms with Gasteiger partial charge in [0.05, 0.1) is 5.56 Å². The molecule has 8 heteroatoms. The molecular weight excluding hydrogens is 346 g/mol. The summed E-state index contributed by atoms with van der Waals surface area (Å²) < 4.78 is 6.07. The average Bonchev–Trinajstić information content (AvgIpc) is 3.01. The molecule has 0 fully saturated rings. The van der Waals surface area contributed by atoms with E-state index in [-0.39, 0.29) is 5.91 Å². The Hall–Kier alpha value is -1.93. The molecule has 1 atom stereocenters. The van der Waals surface area contributed by atoms with Gasteiger partial charge in [-0.1, -0.05) is 49.1 Å². The molecule has 3 rings (SSSR count). The van der Waals surface area contributed by atoms with Crippen molar-refractivity contribution in [1.29, 1.82) is 0 Å². The lowest BCUT2D eigenvalue weighted by Gasteiger charge is -2.23. The number of hydrogen-bond acceptors (Lipinski definition) is 7. The second kappa shape index (κ2) is 7.31. The van der Waals surface area contributed by atoms with Crippen LogP contribution in [0.25, 0.3) is 0 Å². The zero-order valence-electron chi connectivity index (χ0n) is 13.4. The van der Waals surface area contributed by atoms with Gasteiger partial charge in [0.1, 0.15) is 0 Å². The number of amides is 1. The number of benzene rings is 1. The monoisotopic (exact) mass is 363 g/mol. The number of nitrogens with zero attached hydrogens (tertiary/aromatic N) is 2. The highest BCUT2D eigenvalue weighted by Crippen LogP contribution is 2.27. The minimum Gasteiger partial charge on any atom is -0.448 e. The summed E-state index contributed by atoms with van der Waals surface area (Å²) in [5, 5.41) is 11.0. The standard InChI is InChI=1S/C16H17N3O3S2/c1-3-9-5-6-11-10(7-9)8-12(22-14(11)21)13(20)17-15-18-19-16(24-15)23-4-2/h5-7,12H,3-4,8H2,1-2H3,(H,17,18,20). The van der Waals surface area contributed by atoms with Crippen LogP contribution in [0.4, 0.5) is 5.13 Å². The first-order valence-corrected chi connectivity index (χ1v) is 9.50. The second-order valence-electron chi connectivity index (χ2n) is 5.24. The van der Waals surface area contributed by atoms with Gasteiger partial charge in [0, 0.05) is 6.42 Å². The van der Waals surface area contributed by atoms with Crippen molar-refractivity contribution in [3.8, 4) is 0 Å². The third-order valence-corrected chi connectivity index (χ3v) is 5.50. The molecule has 24 heavy (non-hydrogen) atoms. The SMILES string of the molecule is CCSc1nnc(NC(=O)C2Cc3cc(CC)ccc3C(=O)O2)s1. The maximum absolute atomic E-state index is 12.4. The maximum Gasteiger partial charge on any atom is 0.339 e. The Morgan fingerprint density at radius 2 is 2.25 bits per heavy atom. The third kappa shape index (κ3) is 3.59. The fourth-order valence-electron chi connectivity index (χ4n) is 2.44. The Morgan fingerprint density at radius 1 is 1.42 bits per heavy atom. The number of cyclic esters (lactones) is 1. The molecule has 0 saturated carbocycles. The second-order valence-corrected chi connectivity index (χ2v) is 7.73. The predicted octanol–water partition coefficient (Wildman–Crippen LogP) is 2.93. The number of nitrogens with one attached hydrogen (secondary N) is 1. The molecule has 1 aliphatic rings. The number of carbonyl (C=O) groups excluding carboxylic acids is 2. The van der Waals surface area contributed by atoms with Gasteiger partial charge in [0.15, 0.2) is 10.4 Å². The highest BCUT2D eigenvalue weighted by Gasteiger charge is 2.31. The van der Waals surface area contributed by atoms with Crippen molar-refractivity contribution in [2.45, 2.75) is 37.1 Å². The molecule has 0 aliphatic carbocycles. The summed E-state index contributed by atoms with van der Waals surface area (Å²) in [6.45, 7) is 4.07. The number of thioether (sulfide) groups is 1. The Kier molecular flexibility index (Phi) is 5.15. The fraction of sp³-hybridized carbons (Fsp3) is 0.375. The number of carbonyl (C=O) groups is 2. The van der Waals surface area contributed by atoms with Gasteiger partial charge in [-0.15, -0.1) is 10.2 Å². The van der Waals surface area contributed by atoms with Crippen LogP contribution >= 0.6 is 23.1 Å². The lowest BCUT2D eigenvalue weighted by atomic mass is 9.95. The number of aromatic nitrogens is 2. The van der Waals surface area contributed by atoms with Crippen LogP contribution in [0.2, 0.25) is 0 Å². The highest BCUT2D eigenvalue weighted by atomic mass is 32.2. The van der Waals surface area contributed by atoms with Crippen molar-refractivity contribution in [2.24, 2.45) is 0 Å². The summed E-state index contributed by atoms with van der Waals surface area (Å²) in [4.78, 5) is 24.5. The largest absolute Gasteiger partial charge is 0.448 e. The summed E-state index contributed by atoms with van der Waals surface area (Å²) in [6, 6.07) is 5.65. The van der Waals surface area contributed by atoms with Gasteiger partial charge in [-0.3, -0.25) is 10.1 Å². The van der Waals surface area contributed by atoms with E-state index in [1.807, 2.05) is 19.1 Å². The third-order valence-electron chi connectivity index (χ3n) is 3.65. The molecule has 1 N–H and O–H groups in total. The van der Waals surface area contributed by atoms with Crippen LogP contribution in [0.1, 0.15) is 35.3 Å². The number of esters is 1. The van der Waals surface area contributed by atoms with Gasteiger partial charge in [0.25, 0.3) is 5.91 Å². The lowest BCUT2D eigenvalue weighted by molar-refractivity contribution is -0.125. The molecule has 126 valence electrons. The van der Waals surface area contributed by atoms with Crippen LogP contribution in [0.15, 0.2) is 22.5 Å². The molecule has 1 aliphatic heterocycles. The molecule has 1 aromatic carbocycles. The molecule has 2 heterocycles. The summed E-state index contributed by atoms with van der Waals surface area (Å²) in [7, 11) is 0. The van der Waals surface area contributed by atoms with Crippen molar-refractivity contribution >= 4 is 40.1 Å². The summed E-state index contributed by atoms with van der Waals surface area (Å²) >= 11 is 2.87.